The van der Waals surface area contributed by atoms with Crippen LogP contribution >= 0.6 is 0 Å². The highest BCUT2D eigenvalue weighted by Crippen LogP contribution is 2.34. The van der Waals surface area contributed by atoms with Crippen LogP contribution in [-0.2, 0) is 5.60 Å². The van der Waals surface area contributed by atoms with Gasteiger partial charge in [-0.25, -0.2) is 0 Å². The summed E-state index contributed by atoms with van der Waals surface area (Å²) in [6.45, 7) is 1.79. The van der Waals surface area contributed by atoms with E-state index in [4.69, 9.17) is 4.42 Å². The molecule has 0 fully saturated rings. The van der Waals surface area contributed by atoms with E-state index >= 15 is 0 Å². The van der Waals surface area contributed by atoms with Gasteiger partial charge in [0.15, 0.2) is 0 Å². The fourth-order valence-electron chi connectivity index (χ4n) is 2.35. The van der Waals surface area contributed by atoms with E-state index in [1.54, 1.807) is 25.5 Å². The molecule has 1 heterocycles. The minimum Gasteiger partial charge on any atom is -0.472 e. The molecule has 0 amide bonds. The van der Waals surface area contributed by atoms with Gasteiger partial charge in [0.1, 0.15) is 5.60 Å². The molecule has 0 aliphatic carbocycles. The maximum Gasteiger partial charge on any atom is 0.115 e. The second-order valence-electron chi connectivity index (χ2n) is 4.61. The molecule has 0 bridgehead atoms. The van der Waals surface area contributed by atoms with Crippen LogP contribution in [0.4, 0.5) is 0 Å². The highest BCUT2D eigenvalue weighted by atomic mass is 16.3. The van der Waals surface area contributed by atoms with Gasteiger partial charge in [0.05, 0.1) is 12.5 Å². The standard InChI is InChI=1S/C16H14O2/c1-16(17,13-9-10-18-11-13)15-8-4-6-12-5-2-3-7-14(12)15/h2-11,17H,1H3. The van der Waals surface area contributed by atoms with Crippen LogP contribution in [0, 0.1) is 0 Å². The summed E-state index contributed by atoms with van der Waals surface area (Å²) < 4.78 is 5.07. The van der Waals surface area contributed by atoms with E-state index in [0.29, 0.717) is 0 Å². The normalized spacial score (nSPS) is 14.6. The van der Waals surface area contributed by atoms with E-state index in [-0.39, 0.29) is 0 Å². The number of aliphatic hydroxyl groups is 1. The molecule has 0 aliphatic rings. The Bertz CT molecular complexity index is 661. The molecule has 0 aliphatic heterocycles. The van der Waals surface area contributed by atoms with Gasteiger partial charge >= 0.3 is 0 Å². The lowest BCUT2D eigenvalue weighted by Crippen LogP contribution is -2.22. The number of furan rings is 1. The van der Waals surface area contributed by atoms with E-state index in [1.165, 1.54) is 0 Å². The van der Waals surface area contributed by atoms with Crippen molar-refractivity contribution in [1.82, 2.24) is 0 Å². The fourth-order valence-corrected chi connectivity index (χ4v) is 2.35. The Labute approximate surface area is 105 Å². The van der Waals surface area contributed by atoms with E-state index < -0.39 is 5.60 Å². The molecule has 1 unspecified atom stereocenters. The van der Waals surface area contributed by atoms with Crippen LogP contribution in [0.15, 0.2) is 65.5 Å². The van der Waals surface area contributed by atoms with Crippen molar-refractivity contribution < 1.29 is 9.52 Å². The molecule has 1 N–H and O–H groups in total. The summed E-state index contributed by atoms with van der Waals surface area (Å²) in [5.74, 6) is 0. The molecule has 3 rings (SSSR count). The van der Waals surface area contributed by atoms with Crippen LogP contribution < -0.4 is 0 Å². The van der Waals surface area contributed by atoms with Crippen molar-refractivity contribution >= 4 is 10.8 Å². The highest BCUT2D eigenvalue weighted by molar-refractivity contribution is 5.86. The van der Waals surface area contributed by atoms with Crippen LogP contribution in [-0.4, -0.2) is 5.11 Å². The predicted octanol–water partition coefficient (Wildman–Crippen LogP) is 3.69. The largest absolute Gasteiger partial charge is 0.472 e. The SMILES string of the molecule is CC(O)(c1ccoc1)c1cccc2ccccc12. The van der Waals surface area contributed by atoms with Crippen molar-refractivity contribution in [3.63, 3.8) is 0 Å². The van der Waals surface area contributed by atoms with Crippen molar-refractivity contribution in [2.24, 2.45) is 0 Å². The summed E-state index contributed by atoms with van der Waals surface area (Å²) in [5.41, 5.74) is 0.606. The van der Waals surface area contributed by atoms with Gasteiger partial charge in [0.2, 0.25) is 0 Å². The van der Waals surface area contributed by atoms with Crippen LogP contribution in [0.25, 0.3) is 10.8 Å². The van der Waals surface area contributed by atoms with Crippen LogP contribution in [0.1, 0.15) is 18.1 Å². The number of rotatable bonds is 2. The lowest BCUT2D eigenvalue weighted by atomic mass is 9.86. The van der Waals surface area contributed by atoms with Gasteiger partial charge in [0, 0.05) is 5.56 Å². The van der Waals surface area contributed by atoms with E-state index in [0.717, 1.165) is 21.9 Å². The molecule has 2 nitrogen and oxygen atoms in total. The van der Waals surface area contributed by atoms with Gasteiger partial charge < -0.3 is 9.52 Å². The minimum absolute atomic E-state index is 0.763. The Morgan fingerprint density at radius 2 is 1.78 bits per heavy atom. The molecule has 0 saturated carbocycles. The second-order valence-corrected chi connectivity index (χ2v) is 4.61. The summed E-state index contributed by atoms with van der Waals surface area (Å²) >= 11 is 0. The number of hydrogen-bond acceptors (Lipinski definition) is 2. The van der Waals surface area contributed by atoms with E-state index in [2.05, 4.69) is 0 Å². The fraction of sp³-hybridized carbons (Fsp3) is 0.125. The molecule has 0 spiro atoms. The smallest absolute Gasteiger partial charge is 0.115 e. The first-order valence-electron chi connectivity index (χ1n) is 5.93. The molecule has 90 valence electrons. The maximum absolute atomic E-state index is 10.8. The first-order valence-corrected chi connectivity index (χ1v) is 5.93. The molecular formula is C16H14O2. The second kappa shape index (κ2) is 4.00. The Hall–Kier alpha value is -2.06. The minimum atomic E-state index is -1.05. The predicted molar refractivity (Wildman–Crippen MR) is 71.3 cm³/mol. The quantitative estimate of drug-likeness (QED) is 0.738. The summed E-state index contributed by atoms with van der Waals surface area (Å²) in [4.78, 5) is 0. The lowest BCUT2D eigenvalue weighted by molar-refractivity contribution is 0.103. The van der Waals surface area contributed by atoms with Gasteiger partial charge in [-0.3, -0.25) is 0 Å². The Morgan fingerprint density at radius 3 is 2.56 bits per heavy atom. The number of benzene rings is 2. The van der Waals surface area contributed by atoms with E-state index in [1.807, 2.05) is 42.5 Å². The molecule has 1 atom stereocenters. The third-order valence-corrected chi connectivity index (χ3v) is 3.40. The molecule has 0 radical (unpaired) electrons. The van der Waals surface area contributed by atoms with Crippen molar-refractivity contribution in [2.75, 3.05) is 0 Å². The zero-order chi connectivity index (χ0) is 12.6. The molecular weight excluding hydrogens is 224 g/mol. The zero-order valence-corrected chi connectivity index (χ0v) is 10.1. The van der Waals surface area contributed by atoms with Gasteiger partial charge in [0.25, 0.3) is 0 Å². The molecule has 2 aromatic carbocycles. The van der Waals surface area contributed by atoms with Gasteiger partial charge in [-0.05, 0) is 29.3 Å². The summed E-state index contributed by atoms with van der Waals surface area (Å²) in [5, 5.41) is 13.0. The summed E-state index contributed by atoms with van der Waals surface area (Å²) in [6, 6.07) is 15.8. The van der Waals surface area contributed by atoms with Gasteiger partial charge in [-0.1, -0.05) is 42.5 Å². The van der Waals surface area contributed by atoms with Crippen molar-refractivity contribution in [3.8, 4) is 0 Å². The number of fused-ring (bicyclic) bond motifs is 1. The Morgan fingerprint density at radius 1 is 1.00 bits per heavy atom. The summed E-state index contributed by atoms with van der Waals surface area (Å²) in [6.07, 6.45) is 3.16. The molecule has 18 heavy (non-hydrogen) atoms. The first kappa shape index (κ1) is 11.1. The topological polar surface area (TPSA) is 33.4 Å². The Kier molecular flexibility index (Phi) is 2.46. The average molecular weight is 238 g/mol. The summed E-state index contributed by atoms with van der Waals surface area (Å²) in [7, 11) is 0. The molecule has 2 heteroatoms. The lowest BCUT2D eigenvalue weighted by Gasteiger charge is -2.24. The van der Waals surface area contributed by atoms with Crippen molar-refractivity contribution in [2.45, 2.75) is 12.5 Å². The van der Waals surface area contributed by atoms with E-state index in [9.17, 15) is 5.11 Å². The van der Waals surface area contributed by atoms with Crippen molar-refractivity contribution in [1.29, 1.82) is 0 Å². The third-order valence-electron chi connectivity index (χ3n) is 3.40. The maximum atomic E-state index is 10.8. The average Bonchev–Trinajstić information content (AvgIpc) is 2.92. The molecule has 1 aromatic heterocycles. The van der Waals surface area contributed by atoms with Gasteiger partial charge in [-0.2, -0.15) is 0 Å². The van der Waals surface area contributed by atoms with Crippen LogP contribution in [0.3, 0.4) is 0 Å². The highest BCUT2D eigenvalue weighted by Gasteiger charge is 2.28. The van der Waals surface area contributed by atoms with Crippen molar-refractivity contribution in [3.05, 3.63) is 72.2 Å². The van der Waals surface area contributed by atoms with Crippen LogP contribution in [0.5, 0.6) is 0 Å². The molecule has 3 aromatic rings. The van der Waals surface area contributed by atoms with Crippen LogP contribution in [0.2, 0.25) is 0 Å². The zero-order valence-electron chi connectivity index (χ0n) is 10.1. The van der Waals surface area contributed by atoms with Gasteiger partial charge in [-0.15, -0.1) is 0 Å². The monoisotopic (exact) mass is 238 g/mol. The third kappa shape index (κ3) is 1.62. The number of hydrogen-bond donors (Lipinski definition) is 1. The molecule has 0 saturated heterocycles. The first-order chi connectivity index (χ1) is 8.69. The Balaban J connectivity index is 2.26.